The molecule has 2 aromatic rings. The Bertz CT molecular complexity index is 562. The van der Waals surface area contributed by atoms with E-state index in [0.717, 1.165) is 0 Å². The number of halogens is 1. The van der Waals surface area contributed by atoms with Crippen molar-refractivity contribution < 1.29 is 9.72 Å². The van der Waals surface area contributed by atoms with E-state index in [4.69, 9.17) is 11.6 Å². The highest BCUT2D eigenvalue weighted by Gasteiger charge is 2.16. The Morgan fingerprint density at radius 1 is 1.47 bits per heavy atom. The van der Waals surface area contributed by atoms with Crippen molar-refractivity contribution in [3.05, 3.63) is 39.0 Å². The predicted octanol–water partition coefficient (Wildman–Crippen LogP) is 2.54. The van der Waals surface area contributed by atoms with Crippen molar-refractivity contribution in [2.45, 2.75) is 0 Å². The number of aromatic amines is 1. The maximum Gasteiger partial charge on any atom is 0.294 e. The van der Waals surface area contributed by atoms with Gasteiger partial charge < -0.3 is 4.98 Å². The van der Waals surface area contributed by atoms with E-state index in [0.29, 0.717) is 22.8 Å². The minimum atomic E-state index is -0.542. The third-order valence-electron chi connectivity index (χ3n) is 2.09. The van der Waals surface area contributed by atoms with Crippen molar-refractivity contribution in [3.63, 3.8) is 0 Å². The zero-order valence-electron chi connectivity index (χ0n) is 7.36. The molecular formula is C9H5ClN2O3. The predicted molar refractivity (Wildman–Crippen MR) is 55.4 cm³/mol. The summed E-state index contributed by atoms with van der Waals surface area (Å²) in [6.45, 7) is 0. The Morgan fingerprint density at radius 2 is 2.20 bits per heavy atom. The van der Waals surface area contributed by atoms with E-state index >= 15 is 0 Å². The van der Waals surface area contributed by atoms with Crippen LogP contribution in [0.1, 0.15) is 10.4 Å². The molecule has 15 heavy (non-hydrogen) atoms. The van der Waals surface area contributed by atoms with Crippen molar-refractivity contribution >= 4 is 34.5 Å². The van der Waals surface area contributed by atoms with Gasteiger partial charge in [0.1, 0.15) is 5.52 Å². The van der Waals surface area contributed by atoms with Crippen LogP contribution in [-0.2, 0) is 0 Å². The van der Waals surface area contributed by atoms with E-state index in [1.54, 1.807) is 0 Å². The van der Waals surface area contributed by atoms with Gasteiger partial charge in [0.15, 0.2) is 6.29 Å². The van der Waals surface area contributed by atoms with Crippen LogP contribution >= 0.6 is 11.6 Å². The van der Waals surface area contributed by atoms with Gasteiger partial charge in [0.05, 0.1) is 4.92 Å². The van der Waals surface area contributed by atoms with Gasteiger partial charge >= 0.3 is 0 Å². The summed E-state index contributed by atoms with van der Waals surface area (Å²) in [7, 11) is 0. The zero-order chi connectivity index (χ0) is 11.0. The molecule has 2 rings (SSSR count). The molecule has 5 nitrogen and oxygen atoms in total. The number of nitro groups is 1. The Hall–Kier alpha value is -1.88. The maximum atomic E-state index is 10.7. The number of nitro benzene ring substituents is 1. The molecule has 0 fully saturated rings. The van der Waals surface area contributed by atoms with Gasteiger partial charge in [-0.15, -0.1) is 0 Å². The van der Waals surface area contributed by atoms with Crippen LogP contribution in [-0.4, -0.2) is 16.2 Å². The molecule has 76 valence electrons. The topological polar surface area (TPSA) is 76.0 Å². The van der Waals surface area contributed by atoms with Crippen molar-refractivity contribution in [1.29, 1.82) is 0 Å². The molecule has 6 heteroatoms. The normalized spacial score (nSPS) is 10.5. The van der Waals surface area contributed by atoms with Crippen LogP contribution in [0.4, 0.5) is 5.69 Å². The van der Waals surface area contributed by atoms with Gasteiger partial charge in [0.25, 0.3) is 5.69 Å². The summed E-state index contributed by atoms with van der Waals surface area (Å²) in [4.78, 5) is 23.5. The summed E-state index contributed by atoms with van der Waals surface area (Å²) >= 11 is 5.72. The van der Waals surface area contributed by atoms with Crippen LogP contribution in [0.5, 0.6) is 0 Å². The lowest BCUT2D eigenvalue weighted by Gasteiger charge is -1.95. The van der Waals surface area contributed by atoms with Gasteiger partial charge in [-0.2, -0.15) is 0 Å². The van der Waals surface area contributed by atoms with Crippen LogP contribution < -0.4 is 0 Å². The van der Waals surface area contributed by atoms with E-state index in [1.807, 2.05) is 0 Å². The minimum absolute atomic E-state index is 0.134. The number of hydrogen-bond acceptors (Lipinski definition) is 3. The first-order valence-electron chi connectivity index (χ1n) is 4.03. The average Bonchev–Trinajstić information content (AvgIpc) is 2.58. The smallest absolute Gasteiger partial charge is 0.294 e. The van der Waals surface area contributed by atoms with Gasteiger partial charge in [-0.1, -0.05) is 11.6 Å². The van der Waals surface area contributed by atoms with Gasteiger partial charge in [-0.05, 0) is 6.07 Å². The molecule has 0 atom stereocenters. The number of carbonyl (C=O) groups excluding carboxylic acids is 1. The van der Waals surface area contributed by atoms with Crippen LogP contribution in [0.15, 0.2) is 18.3 Å². The fourth-order valence-corrected chi connectivity index (χ4v) is 1.65. The molecule has 0 radical (unpaired) electrons. The molecule has 1 heterocycles. The molecule has 0 saturated heterocycles. The van der Waals surface area contributed by atoms with Gasteiger partial charge in [-0.3, -0.25) is 14.9 Å². The van der Waals surface area contributed by atoms with E-state index in [-0.39, 0.29) is 10.7 Å². The van der Waals surface area contributed by atoms with Crippen LogP contribution in [0.3, 0.4) is 0 Å². The number of fused-ring (bicyclic) bond motifs is 1. The number of aromatic nitrogens is 1. The van der Waals surface area contributed by atoms with Crippen molar-refractivity contribution in [1.82, 2.24) is 4.98 Å². The van der Waals surface area contributed by atoms with Crippen LogP contribution in [0, 0.1) is 10.1 Å². The standard InChI is InChI=1S/C9H5ClN2O3/c10-6-1-7-5(4-13)3-11-9(7)8(2-6)12(14)15/h1-4,11H. The van der Waals surface area contributed by atoms with E-state index in [9.17, 15) is 14.9 Å². The maximum absolute atomic E-state index is 10.7. The number of rotatable bonds is 2. The molecule has 1 aromatic carbocycles. The highest BCUT2D eigenvalue weighted by molar-refractivity contribution is 6.32. The molecule has 0 bridgehead atoms. The summed E-state index contributed by atoms with van der Waals surface area (Å²) in [5.41, 5.74) is 0.535. The average molecular weight is 225 g/mol. The van der Waals surface area contributed by atoms with Crippen LogP contribution in [0.2, 0.25) is 5.02 Å². The molecule has 0 amide bonds. The highest BCUT2D eigenvalue weighted by Crippen LogP contribution is 2.30. The lowest BCUT2D eigenvalue weighted by Crippen LogP contribution is -1.89. The third kappa shape index (κ3) is 1.46. The molecule has 1 N–H and O–H groups in total. The molecule has 0 aliphatic rings. The Kier molecular flexibility index (Phi) is 2.17. The molecular weight excluding hydrogens is 220 g/mol. The summed E-state index contributed by atoms with van der Waals surface area (Å²) in [6, 6.07) is 2.76. The number of nitrogens with zero attached hydrogens (tertiary/aromatic N) is 1. The Morgan fingerprint density at radius 3 is 2.80 bits per heavy atom. The number of benzene rings is 1. The molecule has 0 saturated carbocycles. The Balaban J connectivity index is 2.88. The van der Waals surface area contributed by atoms with Gasteiger partial charge in [0.2, 0.25) is 0 Å². The first-order valence-corrected chi connectivity index (χ1v) is 4.41. The first kappa shape index (κ1) is 9.67. The molecule has 0 unspecified atom stereocenters. The van der Waals surface area contributed by atoms with E-state index < -0.39 is 4.92 Å². The Labute approximate surface area is 88.8 Å². The number of carbonyl (C=O) groups is 1. The second-order valence-electron chi connectivity index (χ2n) is 2.97. The van der Waals surface area contributed by atoms with Crippen molar-refractivity contribution in [3.8, 4) is 0 Å². The summed E-state index contributed by atoms with van der Waals surface area (Å²) < 4.78 is 0. The number of H-pyrrole nitrogens is 1. The van der Waals surface area contributed by atoms with E-state index in [1.165, 1.54) is 18.3 Å². The second-order valence-corrected chi connectivity index (χ2v) is 3.40. The minimum Gasteiger partial charge on any atom is -0.355 e. The fourth-order valence-electron chi connectivity index (χ4n) is 1.44. The summed E-state index contributed by atoms with van der Waals surface area (Å²) in [5.74, 6) is 0. The third-order valence-corrected chi connectivity index (χ3v) is 2.31. The SMILES string of the molecule is O=Cc1c[nH]c2c([N+](=O)[O-])cc(Cl)cc12. The zero-order valence-corrected chi connectivity index (χ0v) is 8.12. The number of hydrogen-bond donors (Lipinski definition) is 1. The monoisotopic (exact) mass is 224 g/mol. The highest BCUT2D eigenvalue weighted by atomic mass is 35.5. The lowest BCUT2D eigenvalue weighted by atomic mass is 10.1. The number of aldehydes is 1. The fraction of sp³-hybridized carbons (Fsp3) is 0. The summed E-state index contributed by atoms with van der Waals surface area (Å²) in [6.07, 6.45) is 2.04. The quantitative estimate of drug-likeness (QED) is 0.484. The van der Waals surface area contributed by atoms with Gasteiger partial charge in [0, 0.05) is 28.2 Å². The second kappa shape index (κ2) is 3.36. The van der Waals surface area contributed by atoms with Gasteiger partial charge in [-0.25, -0.2) is 0 Å². The molecule has 0 spiro atoms. The van der Waals surface area contributed by atoms with Crippen molar-refractivity contribution in [2.75, 3.05) is 0 Å². The summed E-state index contributed by atoms with van der Waals surface area (Å²) in [5, 5.41) is 11.4. The van der Waals surface area contributed by atoms with Crippen molar-refractivity contribution in [2.24, 2.45) is 0 Å². The van der Waals surface area contributed by atoms with Crippen LogP contribution in [0.25, 0.3) is 10.9 Å². The molecule has 0 aliphatic carbocycles. The largest absolute Gasteiger partial charge is 0.355 e. The first-order chi connectivity index (χ1) is 7.13. The van der Waals surface area contributed by atoms with E-state index in [2.05, 4.69) is 4.98 Å². The molecule has 1 aromatic heterocycles. The number of non-ortho nitro benzene ring substituents is 1. The lowest BCUT2D eigenvalue weighted by molar-refractivity contribution is -0.383. The molecule has 0 aliphatic heterocycles. The number of nitrogens with one attached hydrogen (secondary N) is 1.